The van der Waals surface area contributed by atoms with Crippen molar-refractivity contribution in [2.75, 3.05) is 0 Å². The summed E-state index contributed by atoms with van der Waals surface area (Å²) in [5.41, 5.74) is 0. The summed E-state index contributed by atoms with van der Waals surface area (Å²) in [6.45, 7) is 0. The molecule has 0 radical (unpaired) electrons. The third-order valence-corrected chi connectivity index (χ3v) is 2.55. The maximum absolute atomic E-state index is 9.70. The summed E-state index contributed by atoms with van der Waals surface area (Å²) in [6, 6.07) is 0. The second-order valence-electron chi connectivity index (χ2n) is 0.900. The number of rotatable bonds is 0. The zero-order chi connectivity index (χ0) is 7.00. The van der Waals surface area contributed by atoms with Gasteiger partial charge in [-0.25, -0.2) is 8.42 Å². The predicted octanol–water partition coefficient (Wildman–Crippen LogP) is 0.857. The molecule has 0 spiro atoms. The number of halogens is 3. The first-order chi connectivity index (χ1) is 3.25. The van der Waals surface area contributed by atoms with Crippen molar-refractivity contribution in [3.8, 4) is 0 Å². The first-order valence-electron chi connectivity index (χ1n) is 1.27. The van der Waals surface area contributed by atoms with Crippen molar-refractivity contribution in [2.45, 2.75) is 3.12 Å². The molecule has 0 aromatic heterocycles. The van der Waals surface area contributed by atoms with E-state index in [4.69, 9.17) is 0 Å². The summed E-state index contributed by atoms with van der Waals surface area (Å²) in [5, 5.41) is 0. The van der Waals surface area contributed by atoms with E-state index in [9.17, 15) is 13.0 Å². The molecule has 0 bridgehead atoms. The zero-order valence-electron chi connectivity index (χ0n) is 3.57. The molecule has 9 heavy (non-hydrogen) atoms. The van der Waals surface area contributed by atoms with Crippen LogP contribution in [0, 0.1) is 0 Å². The first kappa shape index (κ1) is 12.9. The minimum absolute atomic E-state index is 0. The molecule has 0 rings (SSSR count). The Morgan fingerprint density at radius 1 is 1.22 bits per heavy atom. The first-order valence-corrected chi connectivity index (χ1v) is 3.81. The molecule has 60 valence electrons. The monoisotopic (exact) mass is 260 g/mol. The van der Waals surface area contributed by atoms with Crippen LogP contribution in [0.3, 0.4) is 0 Å². The van der Waals surface area contributed by atoms with E-state index in [-0.39, 0.29) is 17.1 Å². The molecule has 0 amide bonds. The fourth-order valence-corrected chi connectivity index (χ4v) is 0. The normalized spacial score (nSPS) is 12.4. The quantitative estimate of drug-likeness (QED) is 0.369. The van der Waals surface area contributed by atoms with E-state index < -0.39 is 13.2 Å². The van der Waals surface area contributed by atoms with Gasteiger partial charge in [0.05, 0.1) is 0 Å². The Hall–Kier alpha value is 1.30. The molecule has 0 unspecified atom stereocenters. The van der Waals surface area contributed by atoms with Crippen LogP contribution in [0.2, 0.25) is 0 Å². The van der Waals surface area contributed by atoms with Crippen molar-refractivity contribution in [1.82, 2.24) is 0 Å². The van der Waals surface area contributed by atoms with Gasteiger partial charge in [-0.2, -0.15) is 0 Å². The molecule has 8 heteroatoms. The van der Waals surface area contributed by atoms with E-state index in [2.05, 4.69) is 34.8 Å². The van der Waals surface area contributed by atoms with Gasteiger partial charge in [-0.1, -0.05) is 34.8 Å². The van der Waals surface area contributed by atoms with Crippen LogP contribution < -0.4 is 0 Å². The molecular weight excluding hydrogens is 262 g/mol. The maximum Gasteiger partial charge on any atom is 1.00 e. The zero-order valence-corrected chi connectivity index (χ0v) is 7.59. The van der Waals surface area contributed by atoms with Gasteiger partial charge >= 0.3 is 17.1 Å². The molecule has 0 aliphatic rings. The van der Waals surface area contributed by atoms with Gasteiger partial charge in [-0.15, -0.1) is 0 Å². The molecule has 0 saturated carbocycles. The molecule has 3 nitrogen and oxygen atoms in total. The molecular formula is CCl3CuO3S. The summed E-state index contributed by atoms with van der Waals surface area (Å²) in [7, 11) is -4.79. The van der Waals surface area contributed by atoms with Gasteiger partial charge in [-0.3, -0.25) is 0 Å². The molecule has 0 aromatic carbocycles. The summed E-state index contributed by atoms with van der Waals surface area (Å²) in [4.78, 5) is 0. The molecule has 0 N–H and O–H groups in total. The molecule has 0 atom stereocenters. The van der Waals surface area contributed by atoms with Crippen LogP contribution in [0.4, 0.5) is 0 Å². The Morgan fingerprint density at radius 2 is 1.33 bits per heavy atom. The largest absolute Gasteiger partial charge is 1.00 e. The number of alkyl halides is 3. The molecule has 0 saturated heterocycles. The fraction of sp³-hybridized carbons (Fsp3) is 1.00. The van der Waals surface area contributed by atoms with Crippen molar-refractivity contribution in [3.63, 3.8) is 0 Å². The van der Waals surface area contributed by atoms with E-state index in [1.807, 2.05) is 0 Å². The predicted molar refractivity (Wildman–Crippen MR) is 30.0 cm³/mol. The van der Waals surface area contributed by atoms with Gasteiger partial charge < -0.3 is 4.55 Å². The number of hydrogen-bond donors (Lipinski definition) is 0. The van der Waals surface area contributed by atoms with Crippen molar-refractivity contribution in [1.29, 1.82) is 0 Å². The van der Waals surface area contributed by atoms with E-state index >= 15 is 0 Å². The van der Waals surface area contributed by atoms with Crippen LogP contribution in [0.25, 0.3) is 0 Å². The van der Waals surface area contributed by atoms with Crippen LogP contribution in [0.15, 0.2) is 0 Å². The minimum Gasteiger partial charge on any atom is -0.745 e. The topological polar surface area (TPSA) is 57.2 Å². The van der Waals surface area contributed by atoms with Gasteiger partial charge in [0.25, 0.3) is 3.12 Å². The van der Waals surface area contributed by atoms with Crippen LogP contribution in [0.5, 0.6) is 0 Å². The summed E-state index contributed by atoms with van der Waals surface area (Å²) < 4.78 is 26.4. The Kier molecular flexibility index (Phi) is 5.20. The summed E-state index contributed by atoms with van der Waals surface area (Å²) in [5.74, 6) is 0. The van der Waals surface area contributed by atoms with E-state index in [0.717, 1.165) is 0 Å². The number of hydrogen-bond acceptors (Lipinski definition) is 3. The van der Waals surface area contributed by atoms with Crippen LogP contribution in [-0.2, 0) is 27.2 Å². The summed E-state index contributed by atoms with van der Waals surface area (Å²) in [6.07, 6.45) is 0. The van der Waals surface area contributed by atoms with Crippen LogP contribution >= 0.6 is 34.8 Å². The van der Waals surface area contributed by atoms with Gasteiger partial charge in [0.1, 0.15) is 10.1 Å². The average molecular weight is 262 g/mol. The Morgan fingerprint density at radius 3 is 1.33 bits per heavy atom. The summed E-state index contributed by atoms with van der Waals surface area (Å²) >= 11 is 13.9. The van der Waals surface area contributed by atoms with E-state index in [1.54, 1.807) is 0 Å². The third kappa shape index (κ3) is 4.67. The van der Waals surface area contributed by atoms with Crippen LogP contribution in [0.1, 0.15) is 0 Å². The molecule has 0 heterocycles. The van der Waals surface area contributed by atoms with Crippen molar-refractivity contribution < 1.29 is 30.0 Å². The molecule has 0 aromatic rings. The smallest absolute Gasteiger partial charge is 0.745 e. The molecule has 0 aliphatic carbocycles. The molecule has 0 fully saturated rings. The Balaban J connectivity index is 0. The second kappa shape index (κ2) is 3.62. The standard InChI is InChI=1S/CHCl3O3S.Cu/c2-1(3,4)8(5,6)7;/h(H,5,6,7);/q;+1/p-1. The minimum atomic E-state index is -4.79. The van der Waals surface area contributed by atoms with E-state index in [0.29, 0.717) is 0 Å². The van der Waals surface area contributed by atoms with Crippen LogP contribution in [-0.4, -0.2) is 16.1 Å². The SMILES string of the molecule is O=S(=O)([O-])C(Cl)(Cl)Cl.[Cu+]. The van der Waals surface area contributed by atoms with Gasteiger partial charge in [0, 0.05) is 0 Å². The Bertz CT molecular complexity index is 168. The van der Waals surface area contributed by atoms with E-state index in [1.165, 1.54) is 0 Å². The third-order valence-electron chi connectivity index (χ3n) is 0.283. The average Bonchev–Trinajstić information content (AvgIpc) is 1.25. The van der Waals surface area contributed by atoms with Crippen molar-refractivity contribution in [3.05, 3.63) is 0 Å². The van der Waals surface area contributed by atoms with Crippen molar-refractivity contribution in [2.24, 2.45) is 0 Å². The fourth-order valence-electron chi connectivity index (χ4n) is 0. The van der Waals surface area contributed by atoms with Gasteiger partial charge in [0.15, 0.2) is 0 Å². The van der Waals surface area contributed by atoms with Gasteiger partial charge in [0.2, 0.25) is 0 Å². The second-order valence-corrected chi connectivity index (χ2v) is 5.37. The maximum atomic E-state index is 9.70. The van der Waals surface area contributed by atoms with Crippen molar-refractivity contribution >= 4 is 44.9 Å². The van der Waals surface area contributed by atoms with Gasteiger partial charge in [-0.05, 0) is 0 Å². The Labute approximate surface area is 77.9 Å². The molecule has 0 aliphatic heterocycles.